The van der Waals surface area contributed by atoms with Crippen molar-refractivity contribution < 1.29 is 41.0 Å². The zero-order chi connectivity index (χ0) is 27.0. The summed E-state index contributed by atoms with van der Waals surface area (Å²) in [6.45, 7) is 1.37. The van der Waals surface area contributed by atoms with Crippen molar-refractivity contribution in [2.45, 2.75) is 19.3 Å². The molecule has 0 aliphatic carbocycles. The number of amides is 1. The zero-order valence-corrected chi connectivity index (χ0v) is 17.9. The van der Waals surface area contributed by atoms with Gasteiger partial charge < -0.3 is 5.32 Å². The predicted octanol–water partition coefficient (Wildman–Crippen LogP) is 6.77. The maximum Gasteiger partial charge on any atom is 0.417 e. The van der Waals surface area contributed by atoms with Crippen molar-refractivity contribution in [3.05, 3.63) is 97.1 Å². The van der Waals surface area contributed by atoms with Gasteiger partial charge in [-0.05, 0) is 47.9 Å². The van der Waals surface area contributed by atoms with E-state index in [1.54, 1.807) is 0 Å². The summed E-state index contributed by atoms with van der Waals surface area (Å²) in [5.74, 6) is -0.908. The number of hydrogen-bond acceptors (Lipinski definition) is 5. The van der Waals surface area contributed by atoms with Crippen LogP contribution in [-0.2, 0) is 12.4 Å². The summed E-state index contributed by atoms with van der Waals surface area (Å²) in [5, 5.41) is 23.9. The number of aryl methyl sites for hydroxylation is 1. The molecule has 0 saturated heterocycles. The van der Waals surface area contributed by atoms with Crippen molar-refractivity contribution in [2.24, 2.45) is 0 Å². The fraction of sp³-hybridized carbons (Fsp3) is 0.136. The SMILES string of the molecule is Cc1cc([N+](=O)[O-])ccc1C(=O)Nc1ccc(-c2ccc([N+](=O)[O-])cc2C(F)(F)F)c(C(F)(F)F)c1. The first-order valence-electron chi connectivity index (χ1n) is 9.73. The summed E-state index contributed by atoms with van der Waals surface area (Å²) in [4.78, 5) is 32.5. The number of anilines is 1. The first-order valence-corrected chi connectivity index (χ1v) is 9.73. The van der Waals surface area contributed by atoms with E-state index in [9.17, 15) is 51.4 Å². The van der Waals surface area contributed by atoms with Gasteiger partial charge in [-0.3, -0.25) is 25.0 Å². The first kappa shape index (κ1) is 26.1. The largest absolute Gasteiger partial charge is 0.417 e. The Morgan fingerprint density at radius 3 is 1.72 bits per heavy atom. The van der Waals surface area contributed by atoms with Crippen LogP contribution in [0.1, 0.15) is 27.0 Å². The molecule has 188 valence electrons. The summed E-state index contributed by atoms with van der Waals surface area (Å²) < 4.78 is 82.2. The van der Waals surface area contributed by atoms with Gasteiger partial charge in [0.2, 0.25) is 0 Å². The van der Waals surface area contributed by atoms with Gasteiger partial charge in [0.25, 0.3) is 17.3 Å². The van der Waals surface area contributed by atoms with Gasteiger partial charge in [-0.25, -0.2) is 0 Å². The van der Waals surface area contributed by atoms with Crippen molar-refractivity contribution in [3.8, 4) is 11.1 Å². The van der Waals surface area contributed by atoms with Crippen LogP contribution in [0.15, 0.2) is 54.6 Å². The van der Waals surface area contributed by atoms with E-state index in [0.717, 1.165) is 24.3 Å². The van der Waals surface area contributed by atoms with Crippen molar-refractivity contribution in [1.29, 1.82) is 0 Å². The fourth-order valence-corrected chi connectivity index (χ4v) is 3.42. The minimum atomic E-state index is -5.20. The number of rotatable bonds is 5. The molecule has 0 atom stereocenters. The zero-order valence-electron chi connectivity index (χ0n) is 17.9. The van der Waals surface area contributed by atoms with Crippen LogP contribution in [0, 0.1) is 27.2 Å². The standard InChI is InChI=1S/C22H13F6N3O5/c1-11-8-13(30(33)34)3-6-15(11)20(32)29-12-2-5-16(18(9-12)21(23,24)25)17-7-4-14(31(35)36)10-19(17)22(26,27)28/h2-10H,1H3,(H,29,32). The van der Waals surface area contributed by atoms with E-state index in [0.29, 0.717) is 24.3 Å². The number of benzene rings is 3. The Hall–Kier alpha value is -4.49. The quantitative estimate of drug-likeness (QED) is 0.230. The fourth-order valence-electron chi connectivity index (χ4n) is 3.42. The van der Waals surface area contributed by atoms with Gasteiger partial charge in [0.15, 0.2) is 0 Å². The first-order chi connectivity index (χ1) is 16.6. The number of carbonyl (C=O) groups excluding carboxylic acids is 1. The Labute approximate surface area is 197 Å². The second-order valence-electron chi connectivity index (χ2n) is 7.45. The number of nitrogens with zero attached hydrogens (tertiary/aromatic N) is 2. The Balaban J connectivity index is 2.08. The van der Waals surface area contributed by atoms with Gasteiger partial charge in [0, 0.05) is 35.5 Å². The number of hydrogen-bond donors (Lipinski definition) is 1. The minimum absolute atomic E-state index is 0.0760. The number of nitro benzene ring substituents is 2. The molecule has 0 spiro atoms. The molecule has 3 rings (SSSR count). The van der Waals surface area contributed by atoms with Gasteiger partial charge in [-0.2, -0.15) is 26.3 Å². The van der Waals surface area contributed by atoms with Crippen LogP contribution < -0.4 is 5.32 Å². The highest BCUT2D eigenvalue weighted by Crippen LogP contribution is 2.44. The lowest BCUT2D eigenvalue weighted by molar-refractivity contribution is -0.385. The van der Waals surface area contributed by atoms with E-state index >= 15 is 0 Å². The molecule has 0 saturated carbocycles. The van der Waals surface area contributed by atoms with Crippen LogP contribution in [0.5, 0.6) is 0 Å². The highest BCUT2D eigenvalue weighted by Gasteiger charge is 2.39. The van der Waals surface area contributed by atoms with Crippen LogP contribution in [0.2, 0.25) is 0 Å². The number of non-ortho nitro benzene ring substituents is 2. The van der Waals surface area contributed by atoms with Gasteiger partial charge in [0.05, 0.1) is 21.0 Å². The molecular weight excluding hydrogens is 500 g/mol. The van der Waals surface area contributed by atoms with Crippen molar-refractivity contribution >= 4 is 23.0 Å². The van der Waals surface area contributed by atoms with Crippen LogP contribution in [0.3, 0.4) is 0 Å². The molecule has 36 heavy (non-hydrogen) atoms. The average molecular weight is 513 g/mol. The van der Waals surface area contributed by atoms with Crippen molar-refractivity contribution in [1.82, 2.24) is 0 Å². The normalized spacial score (nSPS) is 11.8. The number of carbonyl (C=O) groups is 1. The molecule has 14 heteroatoms. The van der Waals surface area contributed by atoms with Crippen molar-refractivity contribution in [2.75, 3.05) is 5.32 Å². The summed E-state index contributed by atoms with van der Waals surface area (Å²) >= 11 is 0. The van der Waals surface area contributed by atoms with Crippen LogP contribution in [-0.4, -0.2) is 15.8 Å². The van der Waals surface area contributed by atoms with Gasteiger partial charge in [-0.1, -0.05) is 6.07 Å². The third-order valence-corrected chi connectivity index (χ3v) is 5.06. The highest BCUT2D eigenvalue weighted by atomic mass is 19.4. The van der Waals surface area contributed by atoms with E-state index in [1.165, 1.54) is 6.92 Å². The molecular formula is C22H13F6N3O5. The minimum Gasteiger partial charge on any atom is -0.322 e. The third-order valence-electron chi connectivity index (χ3n) is 5.06. The molecule has 0 unspecified atom stereocenters. The molecule has 0 aliphatic rings. The van der Waals surface area contributed by atoms with E-state index in [1.807, 2.05) is 0 Å². The van der Waals surface area contributed by atoms with E-state index < -0.39 is 61.7 Å². The second-order valence-corrected chi connectivity index (χ2v) is 7.45. The van der Waals surface area contributed by atoms with Gasteiger partial charge >= 0.3 is 12.4 Å². The molecule has 0 heterocycles. The summed E-state index contributed by atoms with van der Waals surface area (Å²) in [5.41, 5.74) is -6.61. The predicted molar refractivity (Wildman–Crippen MR) is 114 cm³/mol. The number of halogens is 6. The second kappa shape index (κ2) is 9.28. The molecule has 0 aliphatic heterocycles. The molecule has 0 radical (unpaired) electrons. The molecule has 8 nitrogen and oxygen atoms in total. The highest BCUT2D eigenvalue weighted by molar-refractivity contribution is 6.05. The molecule has 1 N–H and O–H groups in total. The number of nitro groups is 2. The summed E-state index contributed by atoms with van der Waals surface area (Å²) in [7, 11) is 0. The molecule has 1 amide bonds. The van der Waals surface area contributed by atoms with E-state index in [-0.39, 0.29) is 22.9 Å². The Morgan fingerprint density at radius 2 is 1.22 bits per heavy atom. The molecule has 3 aromatic carbocycles. The van der Waals surface area contributed by atoms with Crippen LogP contribution >= 0.6 is 0 Å². The molecule has 0 bridgehead atoms. The number of alkyl halides is 6. The monoisotopic (exact) mass is 513 g/mol. The third kappa shape index (κ3) is 5.42. The lowest BCUT2D eigenvalue weighted by atomic mass is 9.93. The topological polar surface area (TPSA) is 115 Å². The maximum atomic E-state index is 13.8. The lowest BCUT2D eigenvalue weighted by Gasteiger charge is -2.19. The molecule has 0 fully saturated rings. The molecule has 0 aromatic heterocycles. The summed E-state index contributed by atoms with van der Waals surface area (Å²) in [6.07, 6.45) is -10.4. The maximum absolute atomic E-state index is 13.8. The Bertz CT molecular complexity index is 1390. The van der Waals surface area contributed by atoms with Crippen LogP contribution in [0.25, 0.3) is 11.1 Å². The Kier molecular flexibility index (Phi) is 6.73. The summed E-state index contributed by atoms with van der Waals surface area (Å²) in [6, 6.07) is 6.66. The van der Waals surface area contributed by atoms with Gasteiger partial charge in [-0.15, -0.1) is 0 Å². The average Bonchev–Trinajstić information content (AvgIpc) is 2.77. The molecule has 3 aromatic rings. The number of nitrogens with one attached hydrogen (secondary N) is 1. The van der Waals surface area contributed by atoms with Gasteiger partial charge in [0.1, 0.15) is 0 Å². The van der Waals surface area contributed by atoms with E-state index in [4.69, 9.17) is 0 Å². The Morgan fingerprint density at radius 1 is 0.750 bits per heavy atom. The van der Waals surface area contributed by atoms with E-state index in [2.05, 4.69) is 5.32 Å². The lowest BCUT2D eigenvalue weighted by Crippen LogP contribution is -2.16. The smallest absolute Gasteiger partial charge is 0.322 e. The van der Waals surface area contributed by atoms with Crippen LogP contribution in [0.4, 0.5) is 43.4 Å². The van der Waals surface area contributed by atoms with Crippen molar-refractivity contribution in [3.63, 3.8) is 0 Å².